The van der Waals surface area contributed by atoms with Crippen molar-refractivity contribution < 1.29 is 0 Å². The molecule has 0 radical (unpaired) electrons. The molecule has 2 aliphatic carbocycles. The van der Waals surface area contributed by atoms with Gasteiger partial charge in [0.05, 0.1) is 6.04 Å². The lowest BCUT2D eigenvalue weighted by Crippen LogP contribution is -2.36. The molecule has 0 heterocycles. The molecule has 0 aromatic heterocycles. The molecular formula is C14H16N2. The minimum absolute atomic E-state index is 0.0288. The Bertz CT molecular complexity index is 446. The molecule has 3 N–H and O–H groups in total. The van der Waals surface area contributed by atoms with E-state index in [2.05, 4.69) is 35.6 Å². The Hall–Kier alpha value is -1.30. The Balaban J connectivity index is 1.90. The lowest BCUT2D eigenvalue weighted by atomic mass is 9.92. The van der Waals surface area contributed by atoms with Crippen molar-refractivity contribution in [2.24, 2.45) is 17.7 Å². The largest absolute Gasteiger partial charge is 0.270 e. The van der Waals surface area contributed by atoms with Gasteiger partial charge in [0, 0.05) is 0 Å². The van der Waals surface area contributed by atoms with Gasteiger partial charge in [-0.3, -0.25) is 5.84 Å². The molecule has 0 aliphatic heterocycles. The molecule has 1 fully saturated rings. The van der Waals surface area contributed by atoms with E-state index in [-0.39, 0.29) is 6.04 Å². The SMILES string of the molecule is C#CC(NN)C1C2CCc3ccccc3C21. The summed E-state index contributed by atoms with van der Waals surface area (Å²) < 4.78 is 0. The second kappa shape index (κ2) is 3.62. The van der Waals surface area contributed by atoms with Crippen molar-refractivity contribution in [2.45, 2.75) is 24.8 Å². The highest BCUT2D eigenvalue weighted by Crippen LogP contribution is 2.60. The molecule has 3 rings (SSSR count). The Morgan fingerprint density at radius 1 is 1.44 bits per heavy atom. The van der Waals surface area contributed by atoms with Gasteiger partial charge in [-0.15, -0.1) is 6.42 Å². The van der Waals surface area contributed by atoms with Crippen molar-refractivity contribution in [1.29, 1.82) is 0 Å². The van der Waals surface area contributed by atoms with Gasteiger partial charge in [-0.1, -0.05) is 30.2 Å². The van der Waals surface area contributed by atoms with Crippen molar-refractivity contribution in [1.82, 2.24) is 5.43 Å². The molecule has 4 atom stereocenters. The van der Waals surface area contributed by atoms with Crippen molar-refractivity contribution >= 4 is 0 Å². The molecule has 2 heteroatoms. The highest BCUT2D eigenvalue weighted by atomic mass is 15.2. The summed E-state index contributed by atoms with van der Waals surface area (Å²) in [5.41, 5.74) is 5.76. The number of rotatable bonds is 2. The van der Waals surface area contributed by atoms with Gasteiger partial charge in [0.25, 0.3) is 0 Å². The number of hydrogen-bond donors (Lipinski definition) is 2. The number of nitrogens with two attached hydrogens (primary N) is 1. The highest BCUT2D eigenvalue weighted by molar-refractivity contribution is 5.41. The average Bonchev–Trinajstić information content (AvgIpc) is 3.06. The van der Waals surface area contributed by atoms with Gasteiger partial charge in [-0.05, 0) is 41.7 Å². The smallest absolute Gasteiger partial charge is 0.0851 e. The molecule has 1 saturated carbocycles. The van der Waals surface area contributed by atoms with Gasteiger partial charge in [0.15, 0.2) is 0 Å². The molecule has 2 aliphatic rings. The van der Waals surface area contributed by atoms with Crippen LogP contribution in [0.3, 0.4) is 0 Å². The van der Waals surface area contributed by atoms with Gasteiger partial charge in [-0.2, -0.15) is 0 Å². The van der Waals surface area contributed by atoms with E-state index < -0.39 is 0 Å². The predicted octanol–water partition coefficient (Wildman–Crippen LogP) is 1.43. The molecule has 0 saturated heterocycles. The fraction of sp³-hybridized carbons (Fsp3) is 0.429. The second-order valence-corrected chi connectivity index (χ2v) is 4.82. The molecule has 4 unspecified atom stereocenters. The van der Waals surface area contributed by atoms with Crippen molar-refractivity contribution in [2.75, 3.05) is 0 Å². The van der Waals surface area contributed by atoms with Crippen molar-refractivity contribution in [3.05, 3.63) is 35.4 Å². The number of fused-ring (bicyclic) bond motifs is 3. The van der Waals surface area contributed by atoms with Crippen molar-refractivity contribution in [3.63, 3.8) is 0 Å². The number of terminal acetylenes is 1. The molecule has 0 bridgehead atoms. The summed E-state index contributed by atoms with van der Waals surface area (Å²) in [5, 5.41) is 0. The minimum Gasteiger partial charge on any atom is -0.270 e. The molecule has 0 amide bonds. The molecule has 82 valence electrons. The minimum atomic E-state index is 0.0288. The van der Waals surface area contributed by atoms with Crippen LogP contribution in [-0.2, 0) is 6.42 Å². The Labute approximate surface area is 96.2 Å². The fourth-order valence-corrected chi connectivity index (χ4v) is 3.34. The standard InChI is InChI=1S/C14H16N2/c1-2-12(16-15)14-11-8-7-9-5-3-4-6-10(9)13(11)14/h1,3-6,11-14,16H,7-8,15H2. The molecule has 1 aromatic rings. The van der Waals surface area contributed by atoms with Crippen LogP contribution in [0.15, 0.2) is 24.3 Å². The van der Waals surface area contributed by atoms with E-state index in [1.165, 1.54) is 24.0 Å². The molecule has 16 heavy (non-hydrogen) atoms. The summed E-state index contributed by atoms with van der Waals surface area (Å²) in [6.45, 7) is 0. The number of hydrazine groups is 1. The zero-order valence-electron chi connectivity index (χ0n) is 9.19. The summed E-state index contributed by atoms with van der Waals surface area (Å²) in [5.74, 6) is 10.2. The maximum absolute atomic E-state index is 5.51. The molecule has 1 aromatic carbocycles. The summed E-state index contributed by atoms with van der Waals surface area (Å²) in [6, 6.07) is 8.76. The van der Waals surface area contributed by atoms with E-state index in [0.717, 1.165) is 5.92 Å². The van der Waals surface area contributed by atoms with Crippen LogP contribution >= 0.6 is 0 Å². The zero-order chi connectivity index (χ0) is 11.1. The fourth-order valence-electron chi connectivity index (χ4n) is 3.34. The number of hydrogen-bond acceptors (Lipinski definition) is 2. The molecular weight excluding hydrogens is 196 g/mol. The second-order valence-electron chi connectivity index (χ2n) is 4.82. The molecule has 0 spiro atoms. The third-order valence-corrected chi connectivity index (χ3v) is 4.13. The van der Waals surface area contributed by atoms with Crippen LogP contribution in [0.4, 0.5) is 0 Å². The van der Waals surface area contributed by atoms with Gasteiger partial charge >= 0.3 is 0 Å². The van der Waals surface area contributed by atoms with E-state index in [1.54, 1.807) is 0 Å². The average molecular weight is 212 g/mol. The summed E-state index contributed by atoms with van der Waals surface area (Å²) in [4.78, 5) is 0. The Kier molecular flexibility index (Phi) is 2.24. The first-order valence-corrected chi connectivity index (χ1v) is 5.87. The van der Waals surface area contributed by atoms with Crippen LogP contribution in [0.25, 0.3) is 0 Å². The number of benzene rings is 1. The first kappa shape index (κ1) is 9.89. The quantitative estimate of drug-likeness (QED) is 0.442. The normalized spacial score (nSPS) is 32.1. The van der Waals surface area contributed by atoms with E-state index in [4.69, 9.17) is 12.3 Å². The summed E-state index contributed by atoms with van der Waals surface area (Å²) in [6.07, 6.45) is 7.95. The number of aryl methyl sites for hydroxylation is 1. The zero-order valence-corrected chi connectivity index (χ0v) is 9.19. The maximum atomic E-state index is 5.51. The first-order chi connectivity index (χ1) is 7.86. The van der Waals surface area contributed by atoms with Gasteiger partial charge in [0.2, 0.25) is 0 Å². The Morgan fingerprint density at radius 2 is 2.25 bits per heavy atom. The Morgan fingerprint density at radius 3 is 3.00 bits per heavy atom. The third kappa shape index (κ3) is 1.29. The van der Waals surface area contributed by atoms with Gasteiger partial charge in [0.1, 0.15) is 0 Å². The van der Waals surface area contributed by atoms with Gasteiger partial charge in [-0.25, -0.2) is 5.43 Å². The predicted molar refractivity (Wildman–Crippen MR) is 64.4 cm³/mol. The maximum Gasteiger partial charge on any atom is 0.0851 e. The summed E-state index contributed by atoms with van der Waals surface area (Å²) in [7, 11) is 0. The monoisotopic (exact) mass is 212 g/mol. The lowest BCUT2D eigenvalue weighted by molar-refractivity contribution is 0.526. The molecule has 2 nitrogen and oxygen atoms in total. The van der Waals surface area contributed by atoms with E-state index in [9.17, 15) is 0 Å². The lowest BCUT2D eigenvalue weighted by Gasteiger charge is -2.13. The van der Waals surface area contributed by atoms with E-state index >= 15 is 0 Å². The van der Waals surface area contributed by atoms with Crippen LogP contribution in [0.5, 0.6) is 0 Å². The van der Waals surface area contributed by atoms with E-state index in [0.29, 0.717) is 11.8 Å². The van der Waals surface area contributed by atoms with Crippen LogP contribution in [-0.4, -0.2) is 6.04 Å². The number of nitrogens with one attached hydrogen (secondary N) is 1. The topological polar surface area (TPSA) is 38.0 Å². The van der Waals surface area contributed by atoms with Crippen molar-refractivity contribution in [3.8, 4) is 12.3 Å². The van der Waals surface area contributed by atoms with Crippen LogP contribution in [0, 0.1) is 24.2 Å². The highest BCUT2D eigenvalue weighted by Gasteiger charge is 2.55. The van der Waals surface area contributed by atoms with Crippen LogP contribution < -0.4 is 11.3 Å². The van der Waals surface area contributed by atoms with E-state index in [1.807, 2.05) is 0 Å². The van der Waals surface area contributed by atoms with Crippen LogP contribution in [0.2, 0.25) is 0 Å². The first-order valence-electron chi connectivity index (χ1n) is 5.87. The third-order valence-electron chi connectivity index (χ3n) is 4.13. The van der Waals surface area contributed by atoms with Gasteiger partial charge < -0.3 is 0 Å². The van der Waals surface area contributed by atoms with Crippen LogP contribution in [0.1, 0.15) is 23.5 Å². The summed E-state index contributed by atoms with van der Waals surface area (Å²) >= 11 is 0.